The average molecular weight is 360 g/mol. The minimum absolute atomic E-state index is 0.0416. The summed E-state index contributed by atoms with van der Waals surface area (Å²) in [4.78, 5) is 19.3. The smallest absolute Gasteiger partial charge is 0.264 e. The van der Waals surface area contributed by atoms with Crippen LogP contribution in [0.5, 0.6) is 0 Å². The molecule has 7 nitrogen and oxygen atoms in total. The van der Waals surface area contributed by atoms with Gasteiger partial charge < -0.3 is 5.32 Å². The summed E-state index contributed by atoms with van der Waals surface area (Å²) in [7, 11) is -3.78. The Morgan fingerprint density at radius 2 is 1.60 bits per heavy atom. The van der Waals surface area contributed by atoms with Crippen molar-refractivity contribution in [3.63, 3.8) is 0 Å². The van der Waals surface area contributed by atoms with Crippen LogP contribution < -0.4 is 10.0 Å². The summed E-state index contributed by atoms with van der Waals surface area (Å²) < 4.78 is 27.2. The number of hydrogen-bond acceptors (Lipinski definition) is 6. The molecular weight excluding hydrogens is 340 g/mol. The molecule has 8 heteroatoms. The molecular formula is C17H20N4O3S. The molecule has 0 amide bonds. The molecule has 0 radical (unpaired) electrons. The SMILES string of the molecule is CC(=O)/C=C(\C)Nc1ccc(S(=O)(=O)Nc2nc(C)cc(C)n2)cc1. The van der Waals surface area contributed by atoms with Gasteiger partial charge in [0.1, 0.15) is 0 Å². The van der Waals surface area contributed by atoms with Gasteiger partial charge in [0, 0.05) is 22.8 Å². The molecule has 132 valence electrons. The summed E-state index contributed by atoms with van der Waals surface area (Å²) >= 11 is 0. The monoisotopic (exact) mass is 360 g/mol. The molecule has 1 heterocycles. The van der Waals surface area contributed by atoms with E-state index in [1.54, 1.807) is 39.0 Å². The highest BCUT2D eigenvalue weighted by Gasteiger charge is 2.16. The van der Waals surface area contributed by atoms with E-state index in [1.165, 1.54) is 25.1 Å². The van der Waals surface area contributed by atoms with E-state index in [0.717, 1.165) is 0 Å². The molecule has 0 atom stereocenters. The van der Waals surface area contributed by atoms with Gasteiger partial charge in [-0.1, -0.05) is 0 Å². The number of allylic oxidation sites excluding steroid dienone is 2. The quantitative estimate of drug-likeness (QED) is 0.768. The van der Waals surface area contributed by atoms with Crippen LogP contribution >= 0.6 is 0 Å². The van der Waals surface area contributed by atoms with Crippen molar-refractivity contribution in [3.05, 3.63) is 53.5 Å². The Kier molecular flexibility index (Phi) is 5.53. The van der Waals surface area contributed by atoms with Crippen LogP contribution in [0.1, 0.15) is 25.2 Å². The van der Waals surface area contributed by atoms with Crippen LogP contribution in [-0.4, -0.2) is 24.2 Å². The highest BCUT2D eigenvalue weighted by molar-refractivity contribution is 7.92. The van der Waals surface area contributed by atoms with Gasteiger partial charge in [0.25, 0.3) is 10.0 Å². The first-order chi connectivity index (χ1) is 11.7. The molecule has 2 rings (SSSR count). The van der Waals surface area contributed by atoms with Crippen LogP contribution in [0.2, 0.25) is 0 Å². The maximum Gasteiger partial charge on any atom is 0.264 e. The standard InChI is InChI=1S/C17H20N4O3S/c1-11-9-12(2)20-17(19-11)21-25(23,24)16-7-5-15(6-8-16)18-13(3)10-14(4)22/h5-10,18H,1-4H3,(H,19,20,21)/b13-10+. The van der Waals surface area contributed by atoms with E-state index in [9.17, 15) is 13.2 Å². The van der Waals surface area contributed by atoms with Crippen LogP contribution in [0, 0.1) is 13.8 Å². The number of aryl methyl sites for hydroxylation is 2. The molecule has 25 heavy (non-hydrogen) atoms. The third-order valence-electron chi connectivity index (χ3n) is 3.13. The van der Waals surface area contributed by atoms with Gasteiger partial charge in [-0.05, 0) is 64.1 Å². The summed E-state index contributed by atoms with van der Waals surface area (Å²) in [6.45, 7) is 6.75. The van der Waals surface area contributed by atoms with Gasteiger partial charge in [-0.15, -0.1) is 0 Å². The Morgan fingerprint density at radius 1 is 1.04 bits per heavy atom. The number of carbonyl (C=O) groups excluding carboxylic acids is 1. The van der Waals surface area contributed by atoms with Crippen molar-refractivity contribution in [1.29, 1.82) is 0 Å². The van der Waals surface area contributed by atoms with Crippen LogP contribution in [0.15, 0.2) is 47.0 Å². The van der Waals surface area contributed by atoms with Crippen molar-refractivity contribution in [2.75, 3.05) is 10.0 Å². The van der Waals surface area contributed by atoms with Crippen LogP contribution in [-0.2, 0) is 14.8 Å². The van der Waals surface area contributed by atoms with Gasteiger partial charge in [0.05, 0.1) is 4.90 Å². The Bertz CT molecular complexity index is 899. The molecule has 2 N–H and O–H groups in total. The summed E-state index contributed by atoms with van der Waals surface area (Å²) in [6.07, 6.45) is 1.46. The van der Waals surface area contributed by atoms with Gasteiger partial charge in [0.2, 0.25) is 5.95 Å². The maximum atomic E-state index is 12.4. The van der Waals surface area contributed by atoms with Crippen molar-refractivity contribution in [2.24, 2.45) is 0 Å². The van der Waals surface area contributed by atoms with Crippen molar-refractivity contribution < 1.29 is 13.2 Å². The summed E-state index contributed by atoms with van der Waals surface area (Å²) in [5.74, 6) is -0.0261. The van der Waals surface area contributed by atoms with Crippen molar-refractivity contribution in [1.82, 2.24) is 9.97 Å². The Hall–Kier alpha value is -2.74. The van der Waals surface area contributed by atoms with E-state index in [2.05, 4.69) is 20.0 Å². The Balaban J connectivity index is 2.18. The van der Waals surface area contributed by atoms with E-state index >= 15 is 0 Å². The first-order valence-corrected chi connectivity index (χ1v) is 9.05. The molecule has 1 aromatic carbocycles. The molecule has 0 bridgehead atoms. The highest BCUT2D eigenvalue weighted by atomic mass is 32.2. The van der Waals surface area contributed by atoms with Crippen molar-refractivity contribution in [3.8, 4) is 0 Å². The first kappa shape index (κ1) is 18.6. The molecule has 2 aromatic rings. The van der Waals surface area contributed by atoms with Gasteiger partial charge in [-0.25, -0.2) is 23.1 Å². The lowest BCUT2D eigenvalue weighted by Gasteiger charge is -2.10. The third-order valence-corrected chi connectivity index (χ3v) is 4.48. The zero-order chi connectivity index (χ0) is 18.6. The number of aromatic nitrogens is 2. The summed E-state index contributed by atoms with van der Waals surface area (Å²) in [5.41, 5.74) is 2.71. The normalized spacial score (nSPS) is 11.9. The largest absolute Gasteiger partial charge is 0.359 e. The van der Waals surface area contributed by atoms with E-state index in [4.69, 9.17) is 0 Å². The number of nitrogens with zero attached hydrogens (tertiary/aromatic N) is 2. The van der Waals surface area contributed by atoms with E-state index in [1.807, 2.05) is 0 Å². The third kappa shape index (κ3) is 5.39. The minimum atomic E-state index is -3.78. The zero-order valence-corrected chi connectivity index (χ0v) is 15.3. The lowest BCUT2D eigenvalue weighted by Crippen LogP contribution is -2.15. The lowest BCUT2D eigenvalue weighted by atomic mass is 10.3. The van der Waals surface area contributed by atoms with Crippen LogP contribution in [0.4, 0.5) is 11.6 Å². The minimum Gasteiger partial charge on any atom is -0.359 e. The zero-order valence-electron chi connectivity index (χ0n) is 14.5. The fraction of sp³-hybridized carbons (Fsp3) is 0.235. The van der Waals surface area contributed by atoms with Gasteiger partial charge in [-0.3, -0.25) is 4.79 Å². The topological polar surface area (TPSA) is 101 Å². The molecule has 0 spiro atoms. The molecule has 0 aliphatic carbocycles. The molecule has 0 fully saturated rings. The van der Waals surface area contributed by atoms with Gasteiger partial charge in [-0.2, -0.15) is 0 Å². The summed E-state index contributed by atoms with van der Waals surface area (Å²) in [6, 6.07) is 7.93. The number of rotatable bonds is 6. The van der Waals surface area contributed by atoms with Crippen LogP contribution in [0.25, 0.3) is 0 Å². The number of nitrogens with one attached hydrogen (secondary N) is 2. The van der Waals surface area contributed by atoms with Crippen molar-refractivity contribution >= 4 is 27.4 Å². The highest BCUT2D eigenvalue weighted by Crippen LogP contribution is 2.18. The van der Waals surface area contributed by atoms with E-state index in [0.29, 0.717) is 22.8 Å². The van der Waals surface area contributed by atoms with E-state index in [-0.39, 0.29) is 16.6 Å². The molecule has 0 saturated heterocycles. The first-order valence-electron chi connectivity index (χ1n) is 7.57. The second-order valence-corrected chi connectivity index (χ2v) is 7.35. The number of benzene rings is 1. The number of carbonyl (C=O) groups is 1. The number of hydrogen-bond donors (Lipinski definition) is 2. The Morgan fingerprint density at radius 3 is 2.12 bits per heavy atom. The second-order valence-electron chi connectivity index (χ2n) is 5.67. The van der Waals surface area contributed by atoms with Gasteiger partial charge >= 0.3 is 0 Å². The second kappa shape index (κ2) is 7.43. The Labute approximate surface area is 147 Å². The number of anilines is 2. The molecule has 0 saturated carbocycles. The van der Waals surface area contributed by atoms with Crippen LogP contribution in [0.3, 0.4) is 0 Å². The molecule has 1 aromatic heterocycles. The molecule has 0 aliphatic heterocycles. The van der Waals surface area contributed by atoms with Gasteiger partial charge in [0.15, 0.2) is 5.78 Å². The fourth-order valence-electron chi connectivity index (χ4n) is 2.24. The summed E-state index contributed by atoms with van der Waals surface area (Å²) in [5, 5.41) is 3.02. The maximum absolute atomic E-state index is 12.4. The van der Waals surface area contributed by atoms with E-state index < -0.39 is 10.0 Å². The van der Waals surface area contributed by atoms with Crippen molar-refractivity contribution in [2.45, 2.75) is 32.6 Å². The predicted octanol–water partition coefficient (Wildman–Crippen LogP) is 2.80. The predicted molar refractivity (Wildman–Crippen MR) is 96.8 cm³/mol. The fourth-order valence-corrected chi connectivity index (χ4v) is 3.18. The number of ketones is 1. The molecule has 0 unspecified atom stereocenters. The number of sulfonamides is 1. The average Bonchev–Trinajstić information content (AvgIpc) is 2.45. The lowest BCUT2D eigenvalue weighted by molar-refractivity contribution is -0.112. The molecule has 0 aliphatic rings.